The number of nitro groups is 1. The van der Waals surface area contributed by atoms with Crippen LogP contribution in [0, 0.1) is 15.9 Å². The van der Waals surface area contributed by atoms with Gasteiger partial charge in [0.15, 0.2) is 0 Å². The molecule has 1 rings (SSSR count). The minimum Gasteiger partial charge on any atom is -0.396 e. The van der Waals surface area contributed by atoms with E-state index in [2.05, 4.69) is 0 Å². The van der Waals surface area contributed by atoms with Crippen LogP contribution in [0.3, 0.4) is 0 Å². The molecule has 1 N–H and O–H groups in total. The van der Waals surface area contributed by atoms with Crippen LogP contribution in [0.25, 0.3) is 0 Å². The first-order valence-corrected chi connectivity index (χ1v) is 3.69. The molecule has 0 unspecified atom stereocenters. The summed E-state index contributed by atoms with van der Waals surface area (Å²) >= 11 is 0. The van der Waals surface area contributed by atoms with Gasteiger partial charge in [-0.25, -0.2) is 4.39 Å². The molecule has 1 aromatic carbocycles. The third kappa shape index (κ3) is 2.00. The third-order valence-electron chi connectivity index (χ3n) is 1.65. The van der Waals surface area contributed by atoms with Crippen molar-refractivity contribution in [1.82, 2.24) is 0 Å². The second-order valence-electron chi connectivity index (χ2n) is 2.47. The van der Waals surface area contributed by atoms with Crippen LogP contribution in [0.1, 0.15) is 5.56 Å². The lowest BCUT2D eigenvalue weighted by molar-refractivity contribution is -0.385. The summed E-state index contributed by atoms with van der Waals surface area (Å²) in [7, 11) is 0. The molecule has 0 amide bonds. The van der Waals surface area contributed by atoms with Gasteiger partial charge in [-0.15, -0.1) is 0 Å². The van der Waals surface area contributed by atoms with Gasteiger partial charge in [0.05, 0.1) is 10.5 Å². The summed E-state index contributed by atoms with van der Waals surface area (Å²) in [4.78, 5) is 9.75. The van der Waals surface area contributed by atoms with E-state index < -0.39 is 10.7 Å². The fourth-order valence-electron chi connectivity index (χ4n) is 1.08. The predicted octanol–water partition coefficient (Wildman–Crippen LogP) is 1.27. The number of halogens is 1. The van der Waals surface area contributed by atoms with E-state index in [-0.39, 0.29) is 24.3 Å². The van der Waals surface area contributed by atoms with Crippen LogP contribution in [0.5, 0.6) is 0 Å². The monoisotopic (exact) mass is 185 g/mol. The van der Waals surface area contributed by atoms with Gasteiger partial charge < -0.3 is 5.11 Å². The summed E-state index contributed by atoms with van der Waals surface area (Å²) in [5, 5.41) is 19.0. The Balaban J connectivity index is 3.17. The first-order valence-electron chi connectivity index (χ1n) is 3.69. The zero-order chi connectivity index (χ0) is 9.84. The van der Waals surface area contributed by atoms with Gasteiger partial charge in [0.2, 0.25) is 0 Å². The van der Waals surface area contributed by atoms with Crippen LogP contribution >= 0.6 is 0 Å². The molecule has 5 heteroatoms. The van der Waals surface area contributed by atoms with Crippen LogP contribution in [0.2, 0.25) is 0 Å². The van der Waals surface area contributed by atoms with E-state index in [1.807, 2.05) is 0 Å². The molecule has 0 heterocycles. The Morgan fingerprint density at radius 3 is 2.77 bits per heavy atom. The highest BCUT2D eigenvalue weighted by atomic mass is 19.1. The number of nitro benzene ring substituents is 1. The maximum Gasteiger partial charge on any atom is 0.275 e. The van der Waals surface area contributed by atoms with Crippen molar-refractivity contribution in [2.24, 2.45) is 0 Å². The van der Waals surface area contributed by atoms with Crippen LogP contribution in [0.15, 0.2) is 18.2 Å². The maximum absolute atomic E-state index is 13.0. The lowest BCUT2D eigenvalue weighted by Gasteiger charge is -2.01. The number of benzene rings is 1. The Kier molecular flexibility index (Phi) is 2.92. The van der Waals surface area contributed by atoms with Gasteiger partial charge in [-0.1, -0.05) is 6.07 Å². The normalized spacial score (nSPS) is 10.0. The first-order chi connectivity index (χ1) is 6.16. The Morgan fingerprint density at radius 2 is 2.23 bits per heavy atom. The Labute approximate surface area is 73.8 Å². The lowest BCUT2D eigenvalue weighted by atomic mass is 10.1. The van der Waals surface area contributed by atoms with E-state index in [9.17, 15) is 14.5 Å². The Morgan fingerprint density at radius 1 is 1.54 bits per heavy atom. The number of hydrogen-bond acceptors (Lipinski definition) is 3. The quantitative estimate of drug-likeness (QED) is 0.569. The molecule has 0 aliphatic carbocycles. The number of hydrogen-bond donors (Lipinski definition) is 1. The highest BCUT2D eigenvalue weighted by Crippen LogP contribution is 2.21. The van der Waals surface area contributed by atoms with E-state index in [0.717, 1.165) is 6.07 Å². The van der Waals surface area contributed by atoms with Crippen molar-refractivity contribution in [3.05, 3.63) is 39.7 Å². The topological polar surface area (TPSA) is 63.4 Å². The van der Waals surface area contributed by atoms with Crippen molar-refractivity contribution in [3.63, 3.8) is 0 Å². The largest absolute Gasteiger partial charge is 0.396 e. The third-order valence-corrected chi connectivity index (χ3v) is 1.65. The standard InChI is InChI=1S/C8H8FNO3/c9-7-2-1-3-8(10(12)13)6(7)4-5-11/h1-3,11H,4-5H2. The molecule has 0 fully saturated rings. The SMILES string of the molecule is O=[N+]([O-])c1cccc(F)c1CCO. The van der Waals surface area contributed by atoms with Gasteiger partial charge in [-0.05, 0) is 6.07 Å². The van der Waals surface area contributed by atoms with E-state index in [4.69, 9.17) is 5.11 Å². The summed E-state index contributed by atoms with van der Waals surface area (Å²) in [5.74, 6) is -0.650. The summed E-state index contributed by atoms with van der Waals surface area (Å²) in [6.45, 7) is -0.304. The van der Waals surface area contributed by atoms with Crippen LogP contribution in [-0.4, -0.2) is 16.6 Å². The maximum atomic E-state index is 13.0. The highest BCUT2D eigenvalue weighted by Gasteiger charge is 2.16. The lowest BCUT2D eigenvalue weighted by Crippen LogP contribution is -2.01. The molecule has 0 saturated heterocycles. The second kappa shape index (κ2) is 3.95. The number of aliphatic hydroxyl groups excluding tert-OH is 1. The van der Waals surface area contributed by atoms with E-state index in [1.165, 1.54) is 12.1 Å². The zero-order valence-corrected chi connectivity index (χ0v) is 6.74. The summed E-state index contributed by atoms with van der Waals surface area (Å²) in [5.41, 5.74) is -0.330. The van der Waals surface area contributed by atoms with E-state index in [0.29, 0.717) is 0 Å². The number of nitrogens with zero attached hydrogens (tertiary/aromatic N) is 1. The molecule has 0 radical (unpaired) electrons. The summed E-state index contributed by atoms with van der Waals surface area (Å²) < 4.78 is 13.0. The Bertz CT molecular complexity index is 327. The molecular formula is C8H8FNO3. The fraction of sp³-hybridized carbons (Fsp3) is 0.250. The smallest absolute Gasteiger partial charge is 0.275 e. The van der Waals surface area contributed by atoms with Crippen LogP contribution in [0.4, 0.5) is 10.1 Å². The summed E-state index contributed by atoms with van der Waals surface area (Å²) in [6.07, 6.45) is -0.0387. The fourth-order valence-corrected chi connectivity index (χ4v) is 1.08. The molecule has 0 bridgehead atoms. The molecule has 0 aromatic heterocycles. The second-order valence-corrected chi connectivity index (χ2v) is 2.47. The van der Waals surface area contributed by atoms with Gasteiger partial charge in [-0.3, -0.25) is 10.1 Å². The van der Waals surface area contributed by atoms with Crippen molar-refractivity contribution < 1.29 is 14.4 Å². The van der Waals surface area contributed by atoms with Gasteiger partial charge in [0.25, 0.3) is 5.69 Å². The van der Waals surface area contributed by atoms with E-state index in [1.54, 1.807) is 0 Å². The molecule has 0 spiro atoms. The molecule has 13 heavy (non-hydrogen) atoms. The number of rotatable bonds is 3. The minimum atomic E-state index is -0.659. The van der Waals surface area contributed by atoms with Crippen molar-refractivity contribution in [2.45, 2.75) is 6.42 Å². The molecule has 0 aliphatic heterocycles. The van der Waals surface area contributed by atoms with Crippen LogP contribution < -0.4 is 0 Å². The number of aliphatic hydroxyl groups is 1. The van der Waals surface area contributed by atoms with Gasteiger partial charge in [-0.2, -0.15) is 0 Å². The van der Waals surface area contributed by atoms with Crippen molar-refractivity contribution in [1.29, 1.82) is 0 Å². The summed E-state index contributed by atoms with van der Waals surface area (Å²) in [6, 6.07) is 3.63. The molecular weight excluding hydrogens is 177 g/mol. The first kappa shape index (κ1) is 9.60. The molecule has 0 atom stereocenters. The van der Waals surface area contributed by atoms with Gasteiger partial charge >= 0.3 is 0 Å². The molecule has 0 saturated carbocycles. The van der Waals surface area contributed by atoms with Crippen molar-refractivity contribution in [3.8, 4) is 0 Å². The van der Waals surface area contributed by atoms with Gasteiger partial charge in [0.1, 0.15) is 5.82 Å². The average Bonchev–Trinajstić information content (AvgIpc) is 2.08. The van der Waals surface area contributed by atoms with Crippen LogP contribution in [-0.2, 0) is 6.42 Å². The van der Waals surface area contributed by atoms with Gasteiger partial charge in [0, 0.05) is 19.1 Å². The molecule has 4 nitrogen and oxygen atoms in total. The average molecular weight is 185 g/mol. The molecule has 1 aromatic rings. The predicted molar refractivity (Wildman–Crippen MR) is 43.8 cm³/mol. The highest BCUT2D eigenvalue weighted by molar-refractivity contribution is 5.40. The Hall–Kier alpha value is -1.49. The molecule has 70 valence electrons. The minimum absolute atomic E-state index is 0.0387. The zero-order valence-electron chi connectivity index (χ0n) is 6.74. The van der Waals surface area contributed by atoms with E-state index >= 15 is 0 Å². The van der Waals surface area contributed by atoms with Crippen molar-refractivity contribution >= 4 is 5.69 Å². The molecule has 0 aliphatic rings. The van der Waals surface area contributed by atoms with Crippen molar-refractivity contribution in [2.75, 3.05) is 6.61 Å².